The van der Waals surface area contributed by atoms with Crippen molar-refractivity contribution in [3.63, 3.8) is 0 Å². The largest absolute Gasteiger partial charge is 0.396 e. The fraction of sp³-hybridized carbons (Fsp3) is 0.500. The van der Waals surface area contributed by atoms with Crippen molar-refractivity contribution in [2.24, 2.45) is 5.41 Å². The molecule has 5 nitrogen and oxygen atoms in total. The average molecular weight is 271 g/mol. The third kappa shape index (κ3) is 2.80. The summed E-state index contributed by atoms with van der Waals surface area (Å²) in [6, 6.07) is 4.66. The van der Waals surface area contributed by atoms with E-state index in [9.17, 15) is 15.2 Å². The van der Waals surface area contributed by atoms with E-state index in [-0.39, 0.29) is 17.7 Å². The minimum Gasteiger partial charge on any atom is -0.396 e. The second-order valence-corrected chi connectivity index (χ2v) is 5.16. The van der Waals surface area contributed by atoms with Gasteiger partial charge in [0.25, 0.3) is 5.69 Å². The van der Waals surface area contributed by atoms with Crippen molar-refractivity contribution in [3.05, 3.63) is 38.9 Å². The van der Waals surface area contributed by atoms with Crippen LogP contribution in [0.3, 0.4) is 0 Å². The van der Waals surface area contributed by atoms with Gasteiger partial charge in [-0.05, 0) is 18.9 Å². The zero-order chi connectivity index (χ0) is 13.2. The van der Waals surface area contributed by atoms with Crippen LogP contribution in [0.15, 0.2) is 18.2 Å². The standard InChI is InChI=1S/C12H15ClN2O3/c13-10-2-1-3-11(15(17)18)9(10)6-14-7-12(8-16)4-5-12/h1-3,14,16H,4-8H2. The van der Waals surface area contributed by atoms with E-state index in [2.05, 4.69) is 5.32 Å². The first-order valence-corrected chi connectivity index (χ1v) is 6.19. The fourth-order valence-corrected chi connectivity index (χ4v) is 2.15. The summed E-state index contributed by atoms with van der Waals surface area (Å²) in [4.78, 5) is 10.5. The molecule has 0 spiro atoms. The molecular formula is C12H15ClN2O3. The molecule has 1 aromatic rings. The molecular weight excluding hydrogens is 256 g/mol. The van der Waals surface area contributed by atoms with Crippen molar-refractivity contribution in [1.29, 1.82) is 0 Å². The topological polar surface area (TPSA) is 75.4 Å². The Kier molecular flexibility index (Phi) is 3.85. The molecule has 2 rings (SSSR count). The summed E-state index contributed by atoms with van der Waals surface area (Å²) in [7, 11) is 0. The van der Waals surface area contributed by atoms with Gasteiger partial charge in [0.1, 0.15) is 0 Å². The van der Waals surface area contributed by atoms with E-state index < -0.39 is 4.92 Å². The Balaban J connectivity index is 2.02. The Bertz CT molecular complexity index is 461. The SMILES string of the molecule is O=[N+]([O-])c1cccc(Cl)c1CNCC1(CO)CC1. The van der Waals surface area contributed by atoms with E-state index in [0.717, 1.165) is 12.8 Å². The Morgan fingerprint density at radius 2 is 2.22 bits per heavy atom. The Morgan fingerprint density at radius 3 is 2.78 bits per heavy atom. The van der Waals surface area contributed by atoms with Crippen molar-refractivity contribution < 1.29 is 10.0 Å². The van der Waals surface area contributed by atoms with Gasteiger partial charge in [0.05, 0.1) is 15.5 Å². The van der Waals surface area contributed by atoms with Gasteiger partial charge < -0.3 is 10.4 Å². The predicted molar refractivity (Wildman–Crippen MR) is 68.6 cm³/mol. The first-order valence-electron chi connectivity index (χ1n) is 5.81. The van der Waals surface area contributed by atoms with Crippen LogP contribution in [0.4, 0.5) is 5.69 Å². The van der Waals surface area contributed by atoms with Gasteiger partial charge in [0.2, 0.25) is 0 Å². The van der Waals surface area contributed by atoms with Gasteiger partial charge in [0.15, 0.2) is 0 Å². The molecule has 0 heterocycles. The molecule has 0 atom stereocenters. The molecule has 0 aromatic heterocycles. The average Bonchev–Trinajstić information content (AvgIpc) is 3.11. The second kappa shape index (κ2) is 5.22. The molecule has 1 saturated carbocycles. The normalized spacial score (nSPS) is 16.6. The lowest BCUT2D eigenvalue weighted by molar-refractivity contribution is -0.385. The van der Waals surface area contributed by atoms with Gasteiger partial charge in [-0.2, -0.15) is 0 Å². The maximum Gasteiger partial charge on any atom is 0.275 e. The third-order valence-electron chi connectivity index (χ3n) is 3.39. The van der Waals surface area contributed by atoms with E-state index in [0.29, 0.717) is 23.7 Å². The van der Waals surface area contributed by atoms with E-state index >= 15 is 0 Å². The highest BCUT2D eigenvalue weighted by Crippen LogP contribution is 2.44. The summed E-state index contributed by atoms with van der Waals surface area (Å²) in [6.07, 6.45) is 2.00. The number of hydrogen-bond donors (Lipinski definition) is 2. The molecule has 0 amide bonds. The van der Waals surface area contributed by atoms with Crippen molar-refractivity contribution in [2.45, 2.75) is 19.4 Å². The van der Waals surface area contributed by atoms with Gasteiger partial charge in [-0.3, -0.25) is 10.1 Å². The molecule has 1 aromatic carbocycles. The van der Waals surface area contributed by atoms with Crippen molar-refractivity contribution >= 4 is 17.3 Å². The summed E-state index contributed by atoms with van der Waals surface area (Å²) in [5.74, 6) is 0. The lowest BCUT2D eigenvalue weighted by Gasteiger charge is -2.13. The maximum atomic E-state index is 10.9. The van der Waals surface area contributed by atoms with E-state index in [1.165, 1.54) is 6.07 Å². The monoisotopic (exact) mass is 270 g/mol. The maximum absolute atomic E-state index is 10.9. The number of aliphatic hydroxyl groups is 1. The second-order valence-electron chi connectivity index (χ2n) is 4.76. The molecule has 0 bridgehead atoms. The Morgan fingerprint density at radius 1 is 1.50 bits per heavy atom. The van der Waals surface area contributed by atoms with E-state index in [1.807, 2.05) is 0 Å². The lowest BCUT2D eigenvalue weighted by Crippen LogP contribution is -2.26. The molecule has 0 unspecified atom stereocenters. The lowest BCUT2D eigenvalue weighted by atomic mass is 10.1. The smallest absolute Gasteiger partial charge is 0.275 e. The molecule has 0 radical (unpaired) electrons. The molecule has 1 aliphatic rings. The summed E-state index contributed by atoms with van der Waals surface area (Å²) in [6.45, 7) is 1.16. The number of benzene rings is 1. The predicted octanol–water partition coefficient (Wildman–Crippen LogP) is 2.11. The number of nitrogens with one attached hydrogen (secondary N) is 1. The number of nitro benzene ring substituents is 1. The summed E-state index contributed by atoms with van der Waals surface area (Å²) in [5, 5.41) is 23.6. The zero-order valence-corrected chi connectivity index (χ0v) is 10.6. The molecule has 18 heavy (non-hydrogen) atoms. The number of rotatable bonds is 6. The van der Waals surface area contributed by atoms with Crippen molar-refractivity contribution in [2.75, 3.05) is 13.2 Å². The number of nitrogens with zero attached hydrogens (tertiary/aromatic N) is 1. The first-order chi connectivity index (χ1) is 8.58. The fourth-order valence-electron chi connectivity index (χ4n) is 1.91. The van der Waals surface area contributed by atoms with E-state index in [4.69, 9.17) is 11.6 Å². The molecule has 6 heteroatoms. The van der Waals surface area contributed by atoms with Crippen LogP contribution in [0.1, 0.15) is 18.4 Å². The van der Waals surface area contributed by atoms with Crippen LogP contribution in [-0.2, 0) is 6.54 Å². The van der Waals surface area contributed by atoms with Crippen LogP contribution in [0.5, 0.6) is 0 Å². The molecule has 1 aliphatic carbocycles. The number of hydrogen-bond acceptors (Lipinski definition) is 4. The van der Waals surface area contributed by atoms with Gasteiger partial charge in [-0.15, -0.1) is 0 Å². The summed E-state index contributed by atoms with van der Waals surface area (Å²) < 4.78 is 0. The van der Waals surface area contributed by atoms with E-state index in [1.54, 1.807) is 12.1 Å². The number of aliphatic hydroxyl groups excluding tert-OH is 1. The van der Waals surface area contributed by atoms with Crippen molar-refractivity contribution in [1.82, 2.24) is 5.32 Å². The number of halogens is 1. The molecule has 2 N–H and O–H groups in total. The van der Waals surface area contributed by atoms with Crippen LogP contribution in [0.25, 0.3) is 0 Å². The molecule has 1 fully saturated rings. The van der Waals surface area contributed by atoms with Crippen molar-refractivity contribution in [3.8, 4) is 0 Å². The van der Waals surface area contributed by atoms with Gasteiger partial charge >= 0.3 is 0 Å². The first kappa shape index (κ1) is 13.3. The number of nitro groups is 1. The highest BCUT2D eigenvalue weighted by molar-refractivity contribution is 6.31. The van der Waals surface area contributed by atoms with Crippen LogP contribution in [-0.4, -0.2) is 23.2 Å². The molecule has 98 valence electrons. The van der Waals surface area contributed by atoms with Crippen LogP contribution in [0.2, 0.25) is 5.02 Å². The Labute approximate surface area is 110 Å². The minimum absolute atomic E-state index is 0.0178. The highest BCUT2D eigenvalue weighted by atomic mass is 35.5. The van der Waals surface area contributed by atoms with Crippen LogP contribution >= 0.6 is 11.6 Å². The van der Waals surface area contributed by atoms with Gasteiger partial charge in [-0.25, -0.2) is 0 Å². The summed E-state index contributed by atoms with van der Waals surface area (Å²) in [5.41, 5.74) is 0.512. The molecule has 0 saturated heterocycles. The summed E-state index contributed by atoms with van der Waals surface area (Å²) >= 11 is 5.98. The third-order valence-corrected chi connectivity index (χ3v) is 3.74. The zero-order valence-electron chi connectivity index (χ0n) is 9.86. The van der Waals surface area contributed by atoms with Crippen LogP contribution in [0, 0.1) is 15.5 Å². The van der Waals surface area contributed by atoms with Gasteiger partial charge in [-0.1, -0.05) is 17.7 Å². The van der Waals surface area contributed by atoms with Gasteiger partial charge in [0, 0.05) is 31.2 Å². The quantitative estimate of drug-likeness (QED) is 0.613. The highest BCUT2D eigenvalue weighted by Gasteiger charge is 2.41. The Hall–Kier alpha value is -1.17. The van der Waals surface area contributed by atoms with Crippen LogP contribution < -0.4 is 5.32 Å². The minimum atomic E-state index is -0.429. The molecule has 0 aliphatic heterocycles.